The van der Waals surface area contributed by atoms with Crippen LogP contribution >= 0.6 is 0 Å². The van der Waals surface area contributed by atoms with Crippen LogP contribution in [-0.4, -0.2) is 56.3 Å². The lowest BCUT2D eigenvalue weighted by Gasteiger charge is -2.37. The highest BCUT2D eigenvalue weighted by atomic mass is 32.2. The maximum atomic E-state index is 15.7. The number of hydrogen-bond acceptors (Lipinski definition) is 4. The summed E-state index contributed by atoms with van der Waals surface area (Å²) >= 11 is 0. The lowest BCUT2D eigenvalue weighted by molar-refractivity contribution is -0.143. The van der Waals surface area contributed by atoms with Crippen LogP contribution in [-0.2, 0) is 26.0 Å². The second-order valence-corrected chi connectivity index (χ2v) is 11.1. The molecule has 0 radical (unpaired) electrons. The molecule has 2 aliphatic rings. The van der Waals surface area contributed by atoms with E-state index in [9.17, 15) is 13.2 Å². The zero-order chi connectivity index (χ0) is 24.1. The fourth-order valence-corrected chi connectivity index (χ4v) is 5.86. The maximum Gasteiger partial charge on any atom is 0.252 e. The number of sulfonamides is 1. The van der Waals surface area contributed by atoms with Crippen LogP contribution in [0.3, 0.4) is 0 Å². The van der Waals surface area contributed by atoms with Gasteiger partial charge in [-0.25, -0.2) is 17.5 Å². The maximum absolute atomic E-state index is 15.7. The molecule has 2 aromatic carbocycles. The second-order valence-electron chi connectivity index (χ2n) is 9.07. The van der Waals surface area contributed by atoms with Crippen molar-refractivity contribution in [1.29, 1.82) is 0 Å². The molecule has 2 saturated heterocycles. The molecule has 2 aromatic rings. The van der Waals surface area contributed by atoms with Crippen molar-refractivity contribution in [3.8, 4) is 11.1 Å². The Morgan fingerprint density at radius 2 is 1.88 bits per heavy atom. The van der Waals surface area contributed by atoms with Crippen molar-refractivity contribution in [1.82, 2.24) is 9.62 Å². The number of nitrogens with zero attached hydrogens (tertiary/aromatic N) is 1. The monoisotopic (exact) mass is 488 g/mol. The van der Waals surface area contributed by atoms with Gasteiger partial charge in [-0.1, -0.05) is 55.0 Å². The molecule has 184 valence electrons. The summed E-state index contributed by atoms with van der Waals surface area (Å²) in [4.78, 5) is 15.2. The molecule has 0 spiro atoms. The van der Waals surface area contributed by atoms with E-state index in [1.165, 1.54) is 0 Å². The number of ether oxygens (including phenoxy) is 1. The fraction of sp³-hybridized carbons (Fsp3) is 0.500. The van der Waals surface area contributed by atoms with E-state index in [0.717, 1.165) is 24.8 Å². The van der Waals surface area contributed by atoms with Crippen molar-refractivity contribution >= 4 is 15.9 Å². The Morgan fingerprint density at radius 3 is 2.59 bits per heavy atom. The first-order valence-electron chi connectivity index (χ1n) is 12.1. The Kier molecular flexibility index (Phi) is 8.01. The number of nitrogens with one attached hydrogen (secondary N) is 1. The third-order valence-corrected chi connectivity index (χ3v) is 8.24. The minimum atomic E-state index is -3.50. The lowest BCUT2D eigenvalue weighted by Crippen LogP contribution is -2.55. The number of halogens is 1. The smallest absolute Gasteiger partial charge is 0.252 e. The fourth-order valence-electron chi connectivity index (χ4n) is 4.96. The van der Waals surface area contributed by atoms with E-state index in [4.69, 9.17) is 4.74 Å². The van der Waals surface area contributed by atoms with Crippen molar-refractivity contribution in [2.45, 2.75) is 63.6 Å². The van der Waals surface area contributed by atoms with Gasteiger partial charge in [-0.3, -0.25) is 4.79 Å². The van der Waals surface area contributed by atoms with Crippen LogP contribution in [0.15, 0.2) is 48.5 Å². The van der Waals surface area contributed by atoms with Crippen LogP contribution in [0.25, 0.3) is 11.1 Å². The topological polar surface area (TPSA) is 75.7 Å². The molecule has 2 fully saturated rings. The standard InChI is InChI=1S/C26H33FN2O4S/c1-2-34(31,32)28-22-14-6-7-16-29(26(30)24-15-9-17-33-24)23(22)18-20-12-8-13-21(25(20)27)19-10-4-3-5-11-19/h3-5,8,10-13,22-24,28H,2,6-7,9,14-18H2,1H3/t22-,23-,24+/m0/s1. The number of amides is 1. The van der Waals surface area contributed by atoms with E-state index in [1.54, 1.807) is 24.0 Å². The molecule has 34 heavy (non-hydrogen) atoms. The third-order valence-electron chi connectivity index (χ3n) is 6.82. The molecule has 0 unspecified atom stereocenters. The summed E-state index contributed by atoms with van der Waals surface area (Å²) in [7, 11) is -3.50. The summed E-state index contributed by atoms with van der Waals surface area (Å²) in [5.74, 6) is -0.502. The molecular weight excluding hydrogens is 455 g/mol. The molecule has 0 saturated carbocycles. The summed E-state index contributed by atoms with van der Waals surface area (Å²) < 4.78 is 49.2. The molecular formula is C26H33FN2O4S. The molecule has 0 aromatic heterocycles. The van der Waals surface area contributed by atoms with Crippen molar-refractivity contribution in [3.63, 3.8) is 0 Å². The largest absolute Gasteiger partial charge is 0.368 e. The number of likely N-dealkylation sites (tertiary alicyclic amines) is 1. The Morgan fingerprint density at radius 1 is 1.09 bits per heavy atom. The van der Waals surface area contributed by atoms with Crippen LogP contribution in [0.5, 0.6) is 0 Å². The minimum absolute atomic E-state index is 0.0479. The average Bonchev–Trinajstić information content (AvgIpc) is 3.32. The molecule has 1 amide bonds. The zero-order valence-corrected chi connectivity index (χ0v) is 20.4. The number of carbonyl (C=O) groups excluding carboxylic acids is 1. The van der Waals surface area contributed by atoms with E-state index < -0.39 is 28.2 Å². The average molecular weight is 489 g/mol. The molecule has 0 bridgehead atoms. The van der Waals surface area contributed by atoms with Gasteiger partial charge in [-0.2, -0.15) is 0 Å². The Balaban J connectivity index is 1.70. The molecule has 0 aliphatic carbocycles. The molecule has 6 nitrogen and oxygen atoms in total. The zero-order valence-electron chi connectivity index (χ0n) is 19.6. The summed E-state index contributed by atoms with van der Waals surface area (Å²) in [6.45, 7) is 2.65. The lowest BCUT2D eigenvalue weighted by atomic mass is 9.93. The van der Waals surface area contributed by atoms with Crippen LogP contribution < -0.4 is 4.72 Å². The molecule has 2 heterocycles. The quantitative estimate of drug-likeness (QED) is 0.641. The summed E-state index contributed by atoms with van der Waals surface area (Å²) in [6, 6.07) is 13.6. The summed E-state index contributed by atoms with van der Waals surface area (Å²) in [5.41, 5.74) is 1.74. The number of hydrogen-bond donors (Lipinski definition) is 1. The number of rotatable bonds is 7. The van der Waals surface area contributed by atoms with Crippen molar-refractivity contribution in [3.05, 3.63) is 59.9 Å². The van der Waals surface area contributed by atoms with Gasteiger partial charge in [-0.05, 0) is 50.2 Å². The molecule has 2 aliphatic heterocycles. The van der Waals surface area contributed by atoms with Gasteiger partial charge in [0.05, 0.1) is 11.8 Å². The van der Waals surface area contributed by atoms with E-state index in [2.05, 4.69) is 4.72 Å². The van der Waals surface area contributed by atoms with Gasteiger partial charge in [0.2, 0.25) is 10.0 Å². The normalized spacial score (nSPS) is 23.6. The van der Waals surface area contributed by atoms with Gasteiger partial charge in [0.15, 0.2) is 0 Å². The Labute approximate surface area is 201 Å². The van der Waals surface area contributed by atoms with Crippen LogP contribution in [0.1, 0.15) is 44.6 Å². The van der Waals surface area contributed by atoms with Crippen LogP contribution in [0, 0.1) is 5.82 Å². The van der Waals surface area contributed by atoms with Gasteiger partial charge in [0.25, 0.3) is 5.91 Å². The van der Waals surface area contributed by atoms with Crippen molar-refractivity contribution < 1.29 is 22.3 Å². The highest BCUT2D eigenvalue weighted by Gasteiger charge is 2.38. The van der Waals surface area contributed by atoms with Crippen LogP contribution in [0.4, 0.5) is 4.39 Å². The van der Waals surface area contributed by atoms with Crippen molar-refractivity contribution in [2.24, 2.45) is 0 Å². The van der Waals surface area contributed by atoms with E-state index in [0.29, 0.717) is 37.1 Å². The van der Waals surface area contributed by atoms with Gasteiger partial charge in [0, 0.05) is 24.8 Å². The second kappa shape index (κ2) is 11.0. The number of carbonyl (C=O) groups is 1. The highest BCUT2D eigenvalue weighted by Crippen LogP contribution is 2.29. The van der Waals surface area contributed by atoms with Gasteiger partial charge < -0.3 is 9.64 Å². The van der Waals surface area contributed by atoms with Crippen LogP contribution in [0.2, 0.25) is 0 Å². The predicted molar refractivity (Wildman–Crippen MR) is 130 cm³/mol. The first-order chi connectivity index (χ1) is 16.4. The summed E-state index contributed by atoms with van der Waals surface area (Å²) in [6.07, 6.45) is 3.35. The summed E-state index contributed by atoms with van der Waals surface area (Å²) in [5, 5.41) is 0. The third kappa shape index (κ3) is 5.67. The molecule has 4 rings (SSSR count). The molecule has 1 N–H and O–H groups in total. The van der Waals surface area contributed by atoms with Gasteiger partial charge in [0.1, 0.15) is 11.9 Å². The highest BCUT2D eigenvalue weighted by molar-refractivity contribution is 7.89. The molecule has 3 atom stereocenters. The minimum Gasteiger partial charge on any atom is -0.368 e. The number of benzene rings is 2. The Hall–Kier alpha value is -2.29. The molecule has 8 heteroatoms. The first kappa shape index (κ1) is 24.8. The van der Waals surface area contributed by atoms with Crippen molar-refractivity contribution in [2.75, 3.05) is 18.9 Å². The van der Waals surface area contributed by atoms with Gasteiger partial charge >= 0.3 is 0 Å². The Bertz CT molecular complexity index is 1090. The van der Waals surface area contributed by atoms with E-state index in [1.807, 2.05) is 36.4 Å². The first-order valence-corrected chi connectivity index (χ1v) is 13.8. The van der Waals surface area contributed by atoms with E-state index in [-0.39, 0.29) is 23.9 Å². The van der Waals surface area contributed by atoms with Gasteiger partial charge in [-0.15, -0.1) is 0 Å². The van der Waals surface area contributed by atoms with E-state index >= 15 is 4.39 Å². The predicted octanol–water partition coefficient (Wildman–Crippen LogP) is 3.90. The SMILES string of the molecule is CCS(=O)(=O)N[C@H]1CCCCN(C(=O)[C@H]2CCCO2)[C@H]1Cc1cccc(-c2ccccc2)c1F.